The molecule has 0 aliphatic rings. The van der Waals surface area contributed by atoms with Crippen molar-refractivity contribution in [2.24, 2.45) is 0 Å². The van der Waals surface area contributed by atoms with Crippen LogP contribution in [0.4, 0.5) is 0 Å². The first-order valence-corrected chi connectivity index (χ1v) is 5.21. The third kappa shape index (κ3) is 3.75. The van der Waals surface area contributed by atoms with Crippen molar-refractivity contribution in [2.75, 3.05) is 7.05 Å². The predicted molar refractivity (Wildman–Crippen MR) is 60.5 cm³/mol. The van der Waals surface area contributed by atoms with E-state index < -0.39 is 0 Å². The number of hydrogen-bond acceptors (Lipinski definition) is 2. The average Bonchev–Trinajstić information content (AvgIpc) is 2.52. The summed E-state index contributed by atoms with van der Waals surface area (Å²) in [6, 6.07) is 4.16. The third-order valence-corrected chi connectivity index (χ3v) is 2.05. The Morgan fingerprint density at radius 1 is 1.53 bits per heavy atom. The summed E-state index contributed by atoms with van der Waals surface area (Å²) in [7, 11) is 1.89. The first-order valence-electron chi connectivity index (χ1n) is 5.21. The molecule has 0 saturated heterocycles. The Kier molecular flexibility index (Phi) is 4.37. The Labute approximate surface area is 90.7 Å². The SMILES string of the molecule is CNCc1cccn1CC(=O)NC(C)C. The van der Waals surface area contributed by atoms with Crippen molar-refractivity contribution in [1.82, 2.24) is 15.2 Å². The molecule has 15 heavy (non-hydrogen) atoms. The van der Waals surface area contributed by atoms with Crippen molar-refractivity contribution in [3.05, 3.63) is 24.0 Å². The lowest BCUT2D eigenvalue weighted by Gasteiger charge is -2.11. The molecule has 4 heteroatoms. The van der Waals surface area contributed by atoms with Crippen molar-refractivity contribution in [3.63, 3.8) is 0 Å². The first-order chi connectivity index (χ1) is 7.13. The second-order valence-electron chi connectivity index (χ2n) is 3.88. The molecule has 0 fully saturated rings. The molecular weight excluding hydrogens is 190 g/mol. The molecule has 1 rings (SSSR count). The van der Waals surface area contributed by atoms with Crippen LogP contribution in [0.5, 0.6) is 0 Å². The molecule has 1 heterocycles. The zero-order valence-corrected chi connectivity index (χ0v) is 9.58. The zero-order chi connectivity index (χ0) is 11.3. The van der Waals surface area contributed by atoms with Crippen LogP contribution in [0.25, 0.3) is 0 Å². The molecule has 0 atom stereocenters. The normalized spacial score (nSPS) is 10.7. The van der Waals surface area contributed by atoms with E-state index in [-0.39, 0.29) is 11.9 Å². The molecule has 0 aromatic carbocycles. The number of carbonyl (C=O) groups excluding carboxylic acids is 1. The van der Waals surface area contributed by atoms with E-state index >= 15 is 0 Å². The van der Waals surface area contributed by atoms with Gasteiger partial charge in [0.2, 0.25) is 5.91 Å². The van der Waals surface area contributed by atoms with Crippen molar-refractivity contribution < 1.29 is 4.79 Å². The minimum atomic E-state index is 0.0542. The van der Waals surface area contributed by atoms with Crippen molar-refractivity contribution in [1.29, 1.82) is 0 Å². The predicted octanol–water partition coefficient (Wildman–Crippen LogP) is 0.732. The van der Waals surface area contributed by atoms with Crippen LogP contribution in [-0.2, 0) is 17.9 Å². The molecule has 0 saturated carbocycles. The van der Waals surface area contributed by atoms with E-state index in [1.165, 1.54) is 0 Å². The number of nitrogens with one attached hydrogen (secondary N) is 2. The number of rotatable bonds is 5. The second kappa shape index (κ2) is 5.56. The standard InChI is InChI=1S/C11H19N3O/c1-9(2)13-11(15)8-14-6-4-5-10(14)7-12-3/h4-6,9,12H,7-8H2,1-3H3,(H,13,15). The molecule has 0 bridgehead atoms. The number of nitrogens with zero attached hydrogens (tertiary/aromatic N) is 1. The highest BCUT2D eigenvalue weighted by Crippen LogP contribution is 2.01. The van der Waals surface area contributed by atoms with Crippen LogP contribution in [0.3, 0.4) is 0 Å². The van der Waals surface area contributed by atoms with Gasteiger partial charge >= 0.3 is 0 Å². The summed E-state index contributed by atoms with van der Waals surface area (Å²) in [5.74, 6) is 0.0542. The van der Waals surface area contributed by atoms with Crippen LogP contribution < -0.4 is 10.6 Å². The number of amides is 1. The fourth-order valence-electron chi connectivity index (χ4n) is 1.47. The van der Waals surface area contributed by atoms with Gasteiger partial charge in [0.1, 0.15) is 6.54 Å². The molecule has 0 unspecified atom stereocenters. The smallest absolute Gasteiger partial charge is 0.240 e. The van der Waals surface area contributed by atoms with E-state index in [9.17, 15) is 4.79 Å². The fourth-order valence-corrected chi connectivity index (χ4v) is 1.47. The summed E-state index contributed by atoms with van der Waals surface area (Å²) in [6.07, 6.45) is 1.92. The molecular formula is C11H19N3O. The lowest BCUT2D eigenvalue weighted by atomic mass is 10.4. The van der Waals surface area contributed by atoms with E-state index in [4.69, 9.17) is 0 Å². The summed E-state index contributed by atoms with van der Waals surface area (Å²) >= 11 is 0. The Morgan fingerprint density at radius 2 is 2.27 bits per heavy atom. The zero-order valence-electron chi connectivity index (χ0n) is 9.58. The average molecular weight is 209 g/mol. The van der Waals surface area contributed by atoms with E-state index in [2.05, 4.69) is 10.6 Å². The first kappa shape index (κ1) is 11.8. The molecule has 0 radical (unpaired) electrons. The molecule has 0 aliphatic heterocycles. The summed E-state index contributed by atoms with van der Waals surface area (Å²) in [6.45, 7) is 5.09. The number of carbonyl (C=O) groups is 1. The van der Waals surface area contributed by atoms with Gasteiger partial charge in [-0.1, -0.05) is 0 Å². The number of aromatic nitrogens is 1. The van der Waals surface area contributed by atoms with E-state index in [1.807, 2.05) is 43.8 Å². The Morgan fingerprint density at radius 3 is 2.87 bits per heavy atom. The van der Waals surface area contributed by atoms with Gasteiger partial charge in [0, 0.05) is 24.5 Å². The minimum absolute atomic E-state index is 0.0542. The van der Waals surface area contributed by atoms with Crippen molar-refractivity contribution >= 4 is 5.91 Å². The van der Waals surface area contributed by atoms with Crippen LogP contribution in [0.2, 0.25) is 0 Å². The monoisotopic (exact) mass is 209 g/mol. The number of hydrogen-bond donors (Lipinski definition) is 2. The molecule has 1 amide bonds. The van der Waals surface area contributed by atoms with Gasteiger partial charge in [-0.3, -0.25) is 4.79 Å². The molecule has 0 aliphatic carbocycles. The Balaban J connectivity index is 2.55. The maximum absolute atomic E-state index is 11.5. The van der Waals surface area contributed by atoms with Crippen LogP contribution in [0.15, 0.2) is 18.3 Å². The molecule has 2 N–H and O–H groups in total. The van der Waals surface area contributed by atoms with Gasteiger partial charge in [-0.05, 0) is 33.0 Å². The summed E-state index contributed by atoms with van der Waals surface area (Å²) in [4.78, 5) is 11.5. The van der Waals surface area contributed by atoms with Gasteiger partial charge in [-0.15, -0.1) is 0 Å². The van der Waals surface area contributed by atoms with Gasteiger partial charge in [0.15, 0.2) is 0 Å². The fraction of sp³-hybridized carbons (Fsp3) is 0.545. The minimum Gasteiger partial charge on any atom is -0.352 e. The molecule has 4 nitrogen and oxygen atoms in total. The third-order valence-electron chi connectivity index (χ3n) is 2.05. The van der Waals surface area contributed by atoms with Crippen LogP contribution in [0.1, 0.15) is 19.5 Å². The maximum Gasteiger partial charge on any atom is 0.240 e. The highest BCUT2D eigenvalue weighted by atomic mass is 16.2. The van der Waals surface area contributed by atoms with Crippen LogP contribution >= 0.6 is 0 Å². The molecule has 1 aromatic heterocycles. The van der Waals surface area contributed by atoms with Gasteiger partial charge in [0.25, 0.3) is 0 Å². The van der Waals surface area contributed by atoms with Crippen molar-refractivity contribution in [3.8, 4) is 0 Å². The van der Waals surface area contributed by atoms with Gasteiger partial charge in [-0.25, -0.2) is 0 Å². The maximum atomic E-state index is 11.5. The lowest BCUT2D eigenvalue weighted by molar-refractivity contribution is -0.122. The topological polar surface area (TPSA) is 46.1 Å². The summed E-state index contributed by atoms with van der Waals surface area (Å²) in [5.41, 5.74) is 1.12. The second-order valence-corrected chi connectivity index (χ2v) is 3.88. The van der Waals surface area contributed by atoms with Crippen molar-refractivity contribution in [2.45, 2.75) is 33.0 Å². The quantitative estimate of drug-likeness (QED) is 0.751. The summed E-state index contributed by atoms with van der Waals surface area (Å²) in [5, 5.41) is 5.94. The molecule has 84 valence electrons. The van der Waals surface area contributed by atoms with Gasteiger partial charge in [-0.2, -0.15) is 0 Å². The highest BCUT2D eigenvalue weighted by molar-refractivity contribution is 5.76. The van der Waals surface area contributed by atoms with E-state index in [0.29, 0.717) is 6.54 Å². The Hall–Kier alpha value is -1.29. The molecule has 1 aromatic rings. The van der Waals surface area contributed by atoms with E-state index in [0.717, 1.165) is 12.2 Å². The Bertz CT molecular complexity index is 317. The van der Waals surface area contributed by atoms with Gasteiger partial charge < -0.3 is 15.2 Å². The molecule has 0 spiro atoms. The largest absolute Gasteiger partial charge is 0.352 e. The van der Waals surface area contributed by atoms with Crippen LogP contribution in [0, 0.1) is 0 Å². The van der Waals surface area contributed by atoms with Crippen LogP contribution in [-0.4, -0.2) is 23.6 Å². The van der Waals surface area contributed by atoms with Gasteiger partial charge in [0.05, 0.1) is 0 Å². The lowest BCUT2D eigenvalue weighted by Crippen LogP contribution is -2.33. The summed E-state index contributed by atoms with van der Waals surface area (Å²) < 4.78 is 1.95. The highest BCUT2D eigenvalue weighted by Gasteiger charge is 2.06. The van der Waals surface area contributed by atoms with E-state index in [1.54, 1.807) is 0 Å².